The van der Waals surface area contributed by atoms with E-state index in [4.69, 9.17) is 11.6 Å². The number of nitrogens with one attached hydrogen (secondary N) is 3. The SMILES string of the molecule is O=c1[nH]c(Nc2ccc(Cl)cc2)nc2[nH]ncc12. The van der Waals surface area contributed by atoms with Gasteiger partial charge < -0.3 is 5.32 Å². The summed E-state index contributed by atoms with van der Waals surface area (Å²) in [5.41, 5.74) is 0.974. The van der Waals surface area contributed by atoms with Crippen LogP contribution in [-0.4, -0.2) is 20.2 Å². The highest BCUT2D eigenvalue weighted by Crippen LogP contribution is 2.16. The molecule has 90 valence electrons. The van der Waals surface area contributed by atoms with Crippen molar-refractivity contribution in [3.05, 3.63) is 45.8 Å². The van der Waals surface area contributed by atoms with Gasteiger partial charge in [0.05, 0.1) is 6.20 Å². The number of benzene rings is 1. The minimum absolute atomic E-state index is 0.245. The highest BCUT2D eigenvalue weighted by Gasteiger charge is 2.05. The highest BCUT2D eigenvalue weighted by atomic mass is 35.5. The van der Waals surface area contributed by atoms with Crippen molar-refractivity contribution in [1.29, 1.82) is 0 Å². The summed E-state index contributed by atoms with van der Waals surface area (Å²) in [7, 11) is 0. The number of anilines is 2. The van der Waals surface area contributed by atoms with E-state index < -0.39 is 0 Å². The van der Waals surface area contributed by atoms with E-state index in [1.807, 2.05) is 0 Å². The van der Waals surface area contributed by atoms with Crippen LogP contribution >= 0.6 is 11.6 Å². The quantitative estimate of drug-likeness (QED) is 0.659. The number of aromatic amines is 2. The lowest BCUT2D eigenvalue weighted by Crippen LogP contribution is -2.10. The van der Waals surface area contributed by atoms with E-state index in [9.17, 15) is 4.79 Å². The molecule has 0 unspecified atom stereocenters. The Kier molecular flexibility index (Phi) is 2.49. The van der Waals surface area contributed by atoms with Gasteiger partial charge in [-0.25, -0.2) is 0 Å². The van der Waals surface area contributed by atoms with Gasteiger partial charge in [-0.15, -0.1) is 0 Å². The molecular weight excluding hydrogens is 254 g/mol. The van der Waals surface area contributed by atoms with Crippen LogP contribution in [-0.2, 0) is 0 Å². The van der Waals surface area contributed by atoms with Gasteiger partial charge in [0.25, 0.3) is 5.56 Å². The lowest BCUT2D eigenvalue weighted by Gasteiger charge is -2.04. The van der Waals surface area contributed by atoms with Crippen molar-refractivity contribution in [2.24, 2.45) is 0 Å². The molecule has 7 heteroatoms. The van der Waals surface area contributed by atoms with Crippen molar-refractivity contribution in [2.75, 3.05) is 5.32 Å². The second kappa shape index (κ2) is 4.15. The van der Waals surface area contributed by atoms with Gasteiger partial charge in [0, 0.05) is 10.7 Å². The third kappa shape index (κ3) is 1.93. The van der Waals surface area contributed by atoms with Gasteiger partial charge in [-0.1, -0.05) is 11.6 Å². The topological polar surface area (TPSA) is 86.5 Å². The van der Waals surface area contributed by atoms with E-state index in [-0.39, 0.29) is 5.56 Å². The molecular formula is C11H8ClN5O. The van der Waals surface area contributed by atoms with E-state index in [2.05, 4.69) is 25.5 Å². The number of hydrogen-bond donors (Lipinski definition) is 3. The molecule has 0 saturated heterocycles. The van der Waals surface area contributed by atoms with Gasteiger partial charge in [-0.2, -0.15) is 10.1 Å². The van der Waals surface area contributed by atoms with E-state index >= 15 is 0 Å². The smallest absolute Gasteiger partial charge is 0.263 e. The molecule has 2 heterocycles. The zero-order valence-corrected chi connectivity index (χ0v) is 9.82. The molecule has 0 aliphatic rings. The number of rotatable bonds is 2. The molecule has 0 spiro atoms. The number of hydrogen-bond acceptors (Lipinski definition) is 4. The zero-order valence-electron chi connectivity index (χ0n) is 9.07. The van der Waals surface area contributed by atoms with Crippen LogP contribution in [0.2, 0.25) is 5.02 Å². The molecule has 3 N–H and O–H groups in total. The van der Waals surface area contributed by atoms with Crippen LogP contribution in [0.3, 0.4) is 0 Å². The first-order valence-corrected chi connectivity index (χ1v) is 5.56. The zero-order chi connectivity index (χ0) is 12.5. The number of halogens is 1. The lowest BCUT2D eigenvalue weighted by molar-refractivity contribution is 1.09. The molecule has 0 fully saturated rings. The summed E-state index contributed by atoms with van der Waals surface area (Å²) in [6, 6.07) is 7.08. The van der Waals surface area contributed by atoms with Crippen molar-refractivity contribution in [2.45, 2.75) is 0 Å². The number of aromatic nitrogens is 4. The Labute approximate surface area is 106 Å². The molecule has 0 aliphatic heterocycles. The molecule has 1 aromatic carbocycles. The molecule has 18 heavy (non-hydrogen) atoms. The van der Waals surface area contributed by atoms with Crippen molar-refractivity contribution in [3.8, 4) is 0 Å². The Morgan fingerprint density at radius 2 is 2.00 bits per heavy atom. The predicted molar refractivity (Wildman–Crippen MR) is 69.2 cm³/mol. The normalized spacial score (nSPS) is 10.7. The first-order valence-electron chi connectivity index (χ1n) is 5.18. The van der Waals surface area contributed by atoms with E-state index in [1.165, 1.54) is 6.20 Å². The minimum Gasteiger partial charge on any atom is -0.326 e. The average Bonchev–Trinajstić information content (AvgIpc) is 2.81. The van der Waals surface area contributed by atoms with Crippen LogP contribution in [0.25, 0.3) is 11.0 Å². The van der Waals surface area contributed by atoms with Crippen LogP contribution in [0.4, 0.5) is 11.6 Å². The molecule has 3 aromatic rings. The fourth-order valence-electron chi connectivity index (χ4n) is 1.57. The van der Waals surface area contributed by atoms with Crippen LogP contribution < -0.4 is 10.9 Å². The van der Waals surface area contributed by atoms with E-state index in [1.54, 1.807) is 24.3 Å². The highest BCUT2D eigenvalue weighted by molar-refractivity contribution is 6.30. The van der Waals surface area contributed by atoms with Crippen molar-refractivity contribution in [1.82, 2.24) is 20.2 Å². The lowest BCUT2D eigenvalue weighted by atomic mass is 10.3. The van der Waals surface area contributed by atoms with Crippen molar-refractivity contribution >= 4 is 34.3 Å². The molecule has 0 bridgehead atoms. The third-order valence-corrected chi connectivity index (χ3v) is 2.68. The molecule has 3 rings (SSSR count). The first kappa shape index (κ1) is 10.8. The van der Waals surface area contributed by atoms with Crippen molar-refractivity contribution in [3.63, 3.8) is 0 Å². The van der Waals surface area contributed by atoms with Crippen molar-refractivity contribution < 1.29 is 0 Å². The first-order chi connectivity index (χ1) is 8.72. The Morgan fingerprint density at radius 3 is 2.78 bits per heavy atom. The van der Waals surface area contributed by atoms with E-state index in [0.29, 0.717) is 22.0 Å². The van der Waals surface area contributed by atoms with Gasteiger partial charge in [0.1, 0.15) is 5.39 Å². The third-order valence-electron chi connectivity index (χ3n) is 2.43. The Bertz CT molecular complexity index is 746. The summed E-state index contributed by atoms with van der Waals surface area (Å²) >= 11 is 5.79. The summed E-state index contributed by atoms with van der Waals surface area (Å²) < 4.78 is 0. The second-order valence-electron chi connectivity index (χ2n) is 3.68. The van der Waals surface area contributed by atoms with Gasteiger partial charge in [-0.05, 0) is 24.3 Å². The van der Waals surface area contributed by atoms with Crippen LogP contribution in [0.15, 0.2) is 35.3 Å². The molecule has 2 aromatic heterocycles. The Hall–Kier alpha value is -2.34. The molecule has 0 radical (unpaired) electrons. The Morgan fingerprint density at radius 1 is 1.22 bits per heavy atom. The fourth-order valence-corrected chi connectivity index (χ4v) is 1.70. The van der Waals surface area contributed by atoms with Gasteiger partial charge >= 0.3 is 0 Å². The molecule has 6 nitrogen and oxygen atoms in total. The fraction of sp³-hybridized carbons (Fsp3) is 0. The summed E-state index contributed by atoms with van der Waals surface area (Å²) in [6.07, 6.45) is 1.44. The molecule has 0 amide bonds. The van der Waals surface area contributed by atoms with Gasteiger partial charge in [0.15, 0.2) is 5.65 Å². The number of fused-ring (bicyclic) bond motifs is 1. The largest absolute Gasteiger partial charge is 0.326 e. The summed E-state index contributed by atoms with van der Waals surface area (Å²) in [5.74, 6) is 0.346. The second-order valence-corrected chi connectivity index (χ2v) is 4.12. The average molecular weight is 262 g/mol. The van der Waals surface area contributed by atoms with Crippen LogP contribution in [0, 0.1) is 0 Å². The Balaban J connectivity index is 1.99. The maximum Gasteiger partial charge on any atom is 0.263 e. The van der Waals surface area contributed by atoms with E-state index in [0.717, 1.165) is 5.69 Å². The van der Waals surface area contributed by atoms with Gasteiger partial charge in [-0.3, -0.25) is 14.9 Å². The maximum atomic E-state index is 11.7. The maximum absolute atomic E-state index is 11.7. The molecule has 0 aliphatic carbocycles. The number of H-pyrrole nitrogens is 2. The minimum atomic E-state index is -0.245. The predicted octanol–water partition coefficient (Wildman–Crippen LogP) is 2.04. The standard InChI is InChI=1S/C11H8ClN5O/c12-6-1-3-7(4-2-6)14-11-15-9-8(5-13-17-9)10(18)16-11/h1-5H,(H3,13,14,15,16,17,18). The van der Waals surface area contributed by atoms with Gasteiger partial charge in [0.2, 0.25) is 5.95 Å². The summed E-state index contributed by atoms with van der Waals surface area (Å²) in [5, 5.41) is 10.5. The number of nitrogens with zero attached hydrogens (tertiary/aromatic N) is 2. The van der Waals surface area contributed by atoms with Crippen LogP contribution in [0.1, 0.15) is 0 Å². The summed E-state index contributed by atoms with van der Waals surface area (Å²) in [6.45, 7) is 0. The monoisotopic (exact) mass is 261 g/mol. The molecule has 0 saturated carbocycles. The summed E-state index contributed by atoms with van der Waals surface area (Å²) in [4.78, 5) is 18.5. The molecule has 0 atom stereocenters. The van der Waals surface area contributed by atoms with Crippen LogP contribution in [0.5, 0.6) is 0 Å².